The Morgan fingerprint density at radius 2 is 1.81 bits per heavy atom. The van der Waals surface area contributed by atoms with E-state index < -0.39 is 5.97 Å². The summed E-state index contributed by atoms with van der Waals surface area (Å²) in [4.78, 5) is 24.6. The molecule has 3 aromatic rings. The Hall–Kier alpha value is -3.33. The van der Waals surface area contributed by atoms with E-state index in [2.05, 4.69) is 21.6 Å². The molecule has 0 saturated carbocycles. The SMILES string of the molecule is Cc1cc(C)cc(OCc2nnc(SCC(=O)Nc3ccccc3C(=O)OC(C)C)o2)c1. The van der Waals surface area contributed by atoms with Gasteiger partial charge in [-0.05, 0) is 63.1 Å². The van der Waals surface area contributed by atoms with Crippen LogP contribution in [0.3, 0.4) is 0 Å². The molecule has 168 valence electrons. The van der Waals surface area contributed by atoms with E-state index in [1.54, 1.807) is 38.1 Å². The van der Waals surface area contributed by atoms with Crippen LogP contribution in [0, 0.1) is 13.8 Å². The lowest BCUT2D eigenvalue weighted by atomic mass is 10.1. The summed E-state index contributed by atoms with van der Waals surface area (Å²) < 4.78 is 16.5. The van der Waals surface area contributed by atoms with Crippen molar-refractivity contribution >= 4 is 29.3 Å². The number of anilines is 1. The van der Waals surface area contributed by atoms with Crippen molar-refractivity contribution in [3.05, 3.63) is 65.0 Å². The number of carbonyl (C=O) groups excluding carboxylic acids is 2. The number of thioether (sulfide) groups is 1. The molecular formula is C23H25N3O5S. The normalized spacial score (nSPS) is 10.8. The molecule has 9 heteroatoms. The second-order valence-electron chi connectivity index (χ2n) is 7.41. The van der Waals surface area contributed by atoms with Gasteiger partial charge in [0.25, 0.3) is 11.1 Å². The minimum absolute atomic E-state index is 0.0348. The highest BCUT2D eigenvalue weighted by Crippen LogP contribution is 2.21. The number of esters is 1. The lowest BCUT2D eigenvalue weighted by Crippen LogP contribution is -2.18. The molecule has 0 fully saturated rings. The maximum Gasteiger partial charge on any atom is 0.340 e. The molecule has 0 aliphatic rings. The van der Waals surface area contributed by atoms with Crippen LogP contribution < -0.4 is 10.1 Å². The molecule has 0 bridgehead atoms. The largest absolute Gasteiger partial charge is 0.484 e. The first kappa shape index (κ1) is 23.3. The molecule has 0 unspecified atom stereocenters. The van der Waals surface area contributed by atoms with Gasteiger partial charge < -0.3 is 19.2 Å². The van der Waals surface area contributed by atoms with Crippen LogP contribution in [0.5, 0.6) is 5.75 Å². The van der Waals surface area contributed by atoms with Gasteiger partial charge in [0, 0.05) is 0 Å². The molecule has 32 heavy (non-hydrogen) atoms. The highest BCUT2D eigenvalue weighted by molar-refractivity contribution is 7.99. The molecule has 1 N–H and O–H groups in total. The van der Waals surface area contributed by atoms with Gasteiger partial charge in [0.1, 0.15) is 5.75 Å². The van der Waals surface area contributed by atoms with Crippen LogP contribution in [0.15, 0.2) is 52.1 Å². The van der Waals surface area contributed by atoms with Crippen LogP contribution in [-0.4, -0.2) is 33.9 Å². The molecule has 0 atom stereocenters. The minimum atomic E-state index is -0.492. The number of nitrogens with one attached hydrogen (secondary N) is 1. The van der Waals surface area contributed by atoms with Gasteiger partial charge in [0.15, 0.2) is 6.61 Å². The second kappa shape index (κ2) is 10.8. The van der Waals surface area contributed by atoms with Gasteiger partial charge in [-0.1, -0.05) is 30.0 Å². The van der Waals surface area contributed by atoms with Crippen molar-refractivity contribution in [3.63, 3.8) is 0 Å². The number of para-hydroxylation sites is 1. The van der Waals surface area contributed by atoms with E-state index in [-0.39, 0.29) is 29.6 Å². The van der Waals surface area contributed by atoms with E-state index in [4.69, 9.17) is 13.9 Å². The summed E-state index contributed by atoms with van der Waals surface area (Å²) in [5, 5.41) is 10.9. The van der Waals surface area contributed by atoms with Crippen molar-refractivity contribution in [2.75, 3.05) is 11.1 Å². The Bertz CT molecular complexity index is 1080. The number of benzene rings is 2. The van der Waals surface area contributed by atoms with Gasteiger partial charge in [-0.15, -0.1) is 10.2 Å². The standard InChI is InChI=1S/C23H25N3O5S/c1-14(2)30-22(28)18-7-5-6-8-19(18)24-20(27)13-32-23-26-25-21(31-23)12-29-17-10-15(3)9-16(4)11-17/h5-11,14H,12-13H2,1-4H3,(H,24,27). The smallest absolute Gasteiger partial charge is 0.340 e. The van der Waals surface area contributed by atoms with Gasteiger partial charge in [0.05, 0.1) is 23.1 Å². The Balaban J connectivity index is 1.52. The number of nitrogens with zero attached hydrogens (tertiary/aromatic N) is 2. The van der Waals surface area contributed by atoms with Crippen molar-refractivity contribution < 1.29 is 23.5 Å². The summed E-state index contributed by atoms with van der Waals surface area (Å²) >= 11 is 1.10. The summed E-state index contributed by atoms with van der Waals surface area (Å²) in [5.41, 5.74) is 2.89. The summed E-state index contributed by atoms with van der Waals surface area (Å²) in [6.07, 6.45) is -0.257. The van der Waals surface area contributed by atoms with Crippen molar-refractivity contribution in [2.24, 2.45) is 0 Å². The first-order valence-electron chi connectivity index (χ1n) is 10.1. The predicted molar refractivity (Wildman–Crippen MR) is 121 cm³/mol. The molecule has 2 aromatic carbocycles. The predicted octanol–water partition coefficient (Wildman–Crippen LogP) is 4.56. The van der Waals surface area contributed by atoms with Crippen LogP contribution in [0.1, 0.15) is 41.2 Å². The van der Waals surface area contributed by atoms with Gasteiger partial charge in [-0.2, -0.15) is 0 Å². The molecule has 3 rings (SSSR count). The fraction of sp³-hybridized carbons (Fsp3) is 0.304. The summed E-state index contributed by atoms with van der Waals surface area (Å²) in [6, 6.07) is 12.6. The lowest BCUT2D eigenvalue weighted by molar-refractivity contribution is -0.113. The van der Waals surface area contributed by atoms with Crippen LogP contribution in [0.2, 0.25) is 0 Å². The summed E-state index contributed by atoms with van der Waals surface area (Å²) in [7, 11) is 0. The van der Waals surface area contributed by atoms with Crippen molar-refractivity contribution in [1.82, 2.24) is 10.2 Å². The highest BCUT2D eigenvalue weighted by atomic mass is 32.2. The average Bonchev–Trinajstić information content (AvgIpc) is 3.18. The molecule has 1 amide bonds. The number of aromatic nitrogens is 2. The zero-order chi connectivity index (χ0) is 23.1. The summed E-state index contributed by atoms with van der Waals surface area (Å²) in [5.74, 6) is 0.269. The van der Waals surface area contributed by atoms with Crippen LogP contribution in [0.4, 0.5) is 5.69 Å². The topological polar surface area (TPSA) is 104 Å². The van der Waals surface area contributed by atoms with E-state index in [1.807, 2.05) is 26.0 Å². The maximum absolute atomic E-state index is 12.4. The molecule has 1 aromatic heterocycles. The molecule has 8 nitrogen and oxygen atoms in total. The molecular weight excluding hydrogens is 430 g/mol. The number of amides is 1. The molecule has 1 heterocycles. The lowest BCUT2D eigenvalue weighted by Gasteiger charge is -2.12. The molecule has 0 radical (unpaired) electrons. The van der Waals surface area contributed by atoms with E-state index in [9.17, 15) is 9.59 Å². The third kappa shape index (κ3) is 6.84. The Morgan fingerprint density at radius 1 is 1.09 bits per heavy atom. The highest BCUT2D eigenvalue weighted by Gasteiger charge is 2.16. The van der Waals surface area contributed by atoms with E-state index >= 15 is 0 Å². The van der Waals surface area contributed by atoms with E-state index in [0.717, 1.165) is 28.6 Å². The Morgan fingerprint density at radius 3 is 2.53 bits per heavy atom. The van der Waals surface area contributed by atoms with Crippen molar-refractivity contribution in [2.45, 2.75) is 45.6 Å². The van der Waals surface area contributed by atoms with Gasteiger partial charge in [0.2, 0.25) is 5.91 Å². The van der Waals surface area contributed by atoms with E-state index in [0.29, 0.717) is 17.1 Å². The molecule has 0 saturated heterocycles. The number of hydrogen-bond acceptors (Lipinski definition) is 8. The molecule has 0 spiro atoms. The first-order valence-corrected chi connectivity index (χ1v) is 11.0. The summed E-state index contributed by atoms with van der Waals surface area (Å²) in [6.45, 7) is 7.66. The monoisotopic (exact) mass is 455 g/mol. The van der Waals surface area contributed by atoms with Crippen molar-refractivity contribution in [1.29, 1.82) is 0 Å². The second-order valence-corrected chi connectivity index (χ2v) is 8.34. The fourth-order valence-electron chi connectivity index (χ4n) is 2.88. The van der Waals surface area contributed by atoms with Crippen LogP contribution >= 0.6 is 11.8 Å². The maximum atomic E-state index is 12.4. The zero-order valence-electron chi connectivity index (χ0n) is 18.4. The Labute approximate surface area is 190 Å². The number of aryl methyl sites for hydroxylation is 2. The third-order valence-corrected chi connectivity index (χ3v) is 4.91. The van der Waals surface area contributed by atoms with Crippen LogP contribution in [-0.2, 0) is 16.1 Å². The molecule has 0 aliphatic heterocycles. The zero-order valence-corrected chi connectivity index (χ0v) is 19.2. The number of rotatable bonds is 9. The number of carbonyl (C=O) groups is 2. The Kier molecular flexibility index (Phi) is 7.88. The first-order chi connectivity index (χ1) is 15.3. The fourth-order valence-corrected chi connectivity index (χ4v) is 3.46. The minimum Gasteiger partial charge on any atom is -0.484 e. The average molecular weight is 456 g/mol. The van der Waals surface area contributed by atoms with E-state index in [1.165, 1.54) is 0 Å². The number of hydrogen-bond donors (Lipinski definition) is 1. The van der Waals surface area contributed by atoms with Gasteiger partial charge >= 0.3 is 5.97 Å². The molecule has 0 aliphatic carbocycles. The van der Waals surface area contributed by atoms with Crippen LogP contribution in [0.25, 0.3) is 0 Å². The number of ether oxygens (including phenoxy) is 2. The quantitative estimate of drug-likeness (QED) is 0.370. The van der Waals surface area contributed by atoms with Gasteiger partial charge in [-0.3, -0.25) is 4.79 Å². The third-order valence-electron chi connectivity index (χ3n) is 4.10. The van der Waals surface area contributed by atoms with Gasteiger partial charge in [-0.25, -0.2) is 4.79 Å². The van der Waals surface area contributed by atoms with Crippen molar-refractivity contribution in [3.8, 4) is 5.75 Å².